The van der Waals surface area contributed by atoms with Crippen LogP contribution in [0.15, 0.2) is 79.1 Å². The van der Waals surface area contributed by atoms with Crippen molar-refractivity contribution in [3.05, 3.63) is 95.8 Å². The number of aromatic nitrogens is 1. The molecule has 3 rings (SSSR count). The average Bonchev–Trinajstić information content (AvgIpc) is 2.73. The highest BCUT2D eigenvalue weighted by Crippen LogP contribution is 2.25. The zero-order chi connectivity index (χ0) is 20.9. The van der Waals surface area contributed by atoms with Crippen LogP contribution in [0.3, 0.4) is 0 Å². The molecule has 0 saturated carbocycles. The Morgan fingerprint density at radius 1 is 0.828 bits per heavy atom. The van der Waals surface area contributed by atoms with Gasteiger partial charge in [0.25, 0.3) is 5.91 Å². The fourth-order valence-electron chi connectivity index (χ4n) is 2.75. The molecular formula is C21H16F3N3O2. The first-order chi connectivity index (χ1) is 13.9. The van der Waals surface area contributed by atoms with Gasteiger partial charge in [0.15, 0.2) is 0 Å². The molecule has 8 heteroatoms. The number of rotatable bonds is 5. The fraction of sp³-hybridized carbons (Fsp3) is 0.0952. The van der Waals surface area contributed by atoms with E-state index in [0.717, 1.165) is 11.1 Å². The lowest BCUT2D eigenvalue weighted by atomic mass is 9.99. The summed E-state index contributed by atoms with van der Waals surface area (Å²) in [5, 5.41) is 4.57. The largest absolute Gasteiger partial charge is 0.471 e. The second-order valence-corrected chi connectivity index (χ2v) is 6.10. The lowest BCUT2D eigenvalue weighted by Gasteiger charge is -2.21. The molecule has 0 aliphatic heterocycles. The quantitative estimate of drug-likeness (QED) is 0.679. The van der Waals surface area contributed by atoms with E-state index in [1.165, 1.54) is 24.3 Å². The summed E-state index contributed by atoms with van der Waals surface area (Å²) in [5.41, 5.74) is 1.22. The van der Waals surface area contributed by atoms with E-state index in [0.29, 0.717) is 0 Å². The van der Waals surface area contributed by atoms with Crippen molar-refractivity contribution in [2.75, 3.05) is 5.32 Å². The molecule has 0 spiro atoms. The maximum absolute atomic E-state index is 12.9. The van der Waals surface area contributed by atoms with Gasteiger partial charge >= 0.3 is 12.1 Å². The van der Waals surface area contributed by atoms with Crippen LogP contribution in [0.2, 0.25) is 0 Å². The third-order valence-corrected chi connectivity index (χ3v) is 4.13. The van der Waals surface area contributed by atoms with Gasteiger partial charge in [-0.1, -0.05) is 42.5 Å². The predicted octanol–water partition coefficient (Wildman–Crippen LogP) is 4.10. The molecule has 5 nitrogen and oxygen atoms in total. The van der Waals surface area contributed by atoms with Crippen LogP contribution in [0, 0.1) is 0 Å². The highest BCUT2D eigenvalue weighted by atomic mass is 19.4. The molecule has 0 aliphatic carbocycles. The molecule has 0 aliphatic rings. The van der Waals surface area contributed by atoms with E-state index in [9.17, 15) is 22.8 Å². The Kier molecular flexibility index (Phi) is 5.92. The number of benzene rings is 2. The van der Waals surface area contributed by atoms with Gasteiger partial charge in [-0.3, -0.25) is 14.6 Å². The van der Waals surface area contributed by atoms with Crippen molar-refractivity contribution >= 4 is 17.5 Å². The smallest absolute Gasteiger partial charge is 0.341 e. The highest BCUT2D eigenvalue weighted by molar-refractivity contribution is 6.05. The lowest BCUT2D eigenvalue weighted by Crippen LogP contribution is -2.33. The summed E-state index contributed by atoms with van der Waals surface area (Å²) in [6.45, 7) is 0. The zero-order valence-corrected chi connectivity index (χ0v) is 15.0. The summed E-state index contributed by atoms with van der Waals surface area (Å²) in [7, 11) is 0. The molecule has 0 radical (unpaired) electrons. The van der Waals surface area contributed by atoms with Gasteiger partial charge < -0.3 is 10.6 Å². The number of nitrogens with one attached hydrogen (secondary N) is 2. The molecule has 2 amide bonds. The molecule has 1 heterocycles. The number of amides is 2. The number of pyridine rings is 1. The van der Waals surface area contributed by atoms with E-state index in [1.54, 1.807) is 29.8 Å². The second-order valence-electron chi connectivity index (χ2n) is 6.10. The zero-order valence-electron chi connectivity index (χ0n) is 15.0. The summed E-state index contributed by atoms with van der Waals surface area (Å²) in [6.07, 6.45) is -1.91. The molecule has 2 aromatic carbocycles. The summed E-state index contributed by atoms with van der Waals surface area (Å²) < 4.78 is 37.8. The minimum absolute atomic E-state index is 0.0833. The van der Waals surface area contributed by atoms with E-state index in [-0.39, 0.29) is 11.3 Å². The number of carbonyl (C=O) groups excluding carboxylic acids is 2. The van der Waals surface area contributed by atoms with Crippen molar-refractivity contribution in [1.82, 2.24) is 10.3 Å². The maximum Gasteiger partial charge on any atom is 0.471 e. The first-order valence-electron chi connectivity index (χ1n) is 8.59. The fourth-order valence-corrected chi connectivity index (χ4v) is 2.75. The van der Waals surface area contributed by atoms with Crippen molar-refractivity contribution in [2.24, 2.45) is 0 Å². The number of nitrogens with zero attached hydrogens (tertiary/aromatic N) is 1. The molecule has 1 aromatic heterocycles. The molecular weight excluding hydrogens is 383 g/mol. The van der Waals surface area contributed by atoms with Crippen molar-refractivity contribution in [3.63, 3.8) is 0 Å². The number of halogens is 3. The first kappa shape index (κ1) is 20.1. The Labute approximate surface area is 164 Å². The van der Waals surface area contributed by atoms with Gasteiger partial charge in [0.2, 0.25) is 0 Å². The molecule has 0 saturated heterocycles. The number of alkyl halides is 3. The molecule has 0 unspecified atom stereocenters. The Balaban J connectivity index is 1.91. The SMILES string of the molecule is O=C(N[C@H](c1ccccc1)c1ccncc1)c1ccccc1NC(=O)C(F)(F)F. The van der Waals surface area contributed by atoms with Gasteiger partial charge in [0.05, 0.1) is 17.3 Å². The van der Waals surface area contributed by atoms with Gasteiger partial charge in [-0.15, -0.1) is 0 Å². The van der Waals surface area contributed by atoms with Crippen molar-refractivity contribution in [1.29, 1.82) is 0 Å². The van der Waals surface area contributed by atoms with Crippen LogP contribution in [0.1, 0.15) is 27.5 Å². The van der Waals surface area contributed by atoms with Gasteiger partial charge in [0, 0.05) is 12.4 Å². The molecule has 0 bridgehead atoms. The Hall–Kier alpha value is -3.68. The van der Waals surface area contributed by atoms with Gasteiger partial charge in [-0.2, -0.15) is 13.2 Å². The van der Waals surface area contributed by atoms with Crippen LogP contribution in [0.4, 0.5) is 18.9 Å². The minimum Gasteiger partial charge on any atom is -0.341 e. The number of carbonyl (C=O) groups is 2. The van der Waals surface area contributed by atoms with Gasteiger partial charge in [-0.05, 0) is 35.4 Å². The lowest BCUT2D eigenvalue weighted by molar-refractivity contribution is -0.167. The number of para-hydroxylation sites is 1. The Morgan fingerprint density at radius 2 is 1.41 bits per heavy atom. The summed E-state index contributed by atoms with van der Waals surface area (Å²) in [6, 6.07) is 17.5. The summed E-state index contributed by atoms with van der Waals surface area (Å²) in [4.78, 5) is 28.2. The predicted molar refractivity (Wildman–Crippen MR) is 101 cm³/mol. The molecule has 3 aromatic rings. The van der Waals surface area contributed by atoms with E-state index >= 15 is 0 Å². The second kappa shape index (κ2) is 8.55. The topological polar surface area (TPSA) is 71.1 Å². The third-order valence-electron chi connectivity index (χ3n) is 4.13. The monoisotopic (exact) mass is 399 g/mol. The highest BCUT2D eigenvalue weighted by Gasteiger charge is 2.39. The maximum atomic E-state index is 12.9. The molecule has 148 valence electrons. The summed E-state index contributed by atoms with van der Waals surface area (Å²) in [5.74, 6) is -2.78. The number of anilines is 1. The van der Waals surface area contributed by atoms with Crippen LogP contribution >= 0.6 is 0 Å². The molecule has 29 heavy (non-hydrogen) atoms. The van der Waals surface area contributed by atoms with E-state index in [1.807, 2.05) is 30.3 Å². The average molecular weight is 399 g/mol. The van der Waals surface area contributed by atoms with Crippen LogP contribution in [0.5, 0.6) is 0 Å². The standard InChI is InChI=1S/C21H16F3N3O2/c22-21(23,24)20(29)26-17-9-5-4-8-16(17)19(28)27-18(14-6-2-1-3-7-14)15-10-12-25-13-11-15/h1-13,18H,(H,26,29)(H,27,28)/t18-/m1/s1. The first-order valence-corrected chi connectivity index (χ1v) is 8.59. The Bertz CT molecular complexity index is 953. The van der Waals surface area contributed by atoms with Crippen molar-refractivity contribution in [2.45, 2.75) is 12.2 Å². The minimum atomic E-state index is -5.06. The third kappa shape index (κ3) is 4.98. The van der Waals surface area contributed by atoms with Crippen LogP contribution < -0.4 is 10.6 Å². The Morgan fingerprint density at radius 3 is 2.07 bits per heavy atom. The van der Waals surface area contributed by atoms with Crippen LogP contribution in [0.25, 0.3) is 0 Å². The number of hydrogen-bond donors (Lipinski definition) is 2. The molecule has 2 N–H and O–H groups in total. The molecule has 0 fully saturated rings. The van der Waals surface area contributed by atoms with Crippen molar-refractivity contribution in [3.8, 4) is 0 Å². The molecule has 1 atom stereocenters. The van der Waals surface area contributed by atoms with Gasteiger partial charge in [-0.25, -0.2) is 0 Å². The van der Waals surface area contributed by atoms with Gasteiger partial charge in [0.1, 0.15) is 0 Å². The van der Waals surface area contributed by atoms with Crippen LogP contribution in [-0.4, -0.2) is 23.0 Å². The van der Waals surface area contributed by atoms with Crippen molar-refractivity contribution < 1.29 is 22.8 Å². The van der Waals surface area contributed by atoms with Crippen LogP contribution in [-0.2, 0) is 4.79 Å². The van der Waals surface area contributed by atoms with E-state index < -0.39 is 24.0 Å². The van der Waals surface area contributed by atoms with E-state index in [2.05, 4.69) is 10.3 Å². The number of hydrogen-bond acceptors (Lipinski definition) is 3. The normalized spacial score (nSPS) is 12.1. The van der Waals surface area contributed by atoms with E-state index in [4.69, 9.17) is 0 Å². The summed E-state index contributed by atoms with van der Waals surface area (Å²) >= 11 is 0.